The number of nitro benzene ring substituents is 1. The van der Waals surface area contributed by atoms with Gasteiger partial charge < -0.3 is 5.32 Å². The monoisotopic (exact) mass is 529 g/mol. The predicted octanol–water partition coefficient (Wildman–Crippen LogP) is 6.84. The Kier molecular flexibility index (Phi) is 5.99. The summed E-state index contributed by atoms with van der Waals surface area (Å²) in [7, 11) is -3.85. The third kappa shape index (κ3) is 4.37. The molecule has 35 heavy (non-hydrogen) atoms. The summed E-state index contributed by atoms with van der Waals surface area (Å²) in [6.45, 7) is 1.84. The van der Waals surface area contributed by atoms with Crippen LogP contribution in [0.3, 0.4) is 0 Å². The summed E-state index contributed by atoms with van der Waals surface area (Å²) in [6, 6.07) is 14.1. The number of halogens is 2. The van der Waals surface area contributed by atoms with Gasteiger partial charge in [0.25, 0.3) is 15.7 Å². The van der Waals surface area contributed by atoms with Crippen LogP contribution in [0.1, 0.15) is 35.1 Å². The van der Waals surface area contributed by atoms with Crippen LogP contribution in [0.5, 0.6) is 0 Å². The van der Waals surface area contributed by atoms with Crippen LogP contribution in [-0.2, 0) is 10.0 Å². The highest BCUT2D eigenvalue weighted by Crippen LogP contribution is 2.51. The SMILES string of the molecule is Cc1ccc(NS(=O)(=O)c2ccc3c(c2)[C@H]2C=CC[C@H]2[C@@H](c2cc([N+](=O)[O-])ccc2Cl)N3)cc1Cl. The van der Waals surface area contributed by atoms with Crippen molar-refractivity contribution in [3.8, 4) is 0 Å². The van der Waals surface area contributed by atoms with E-state index in [0.717, 1.165) is 23.2 Å². The van der Waals surface area contributed by atoms with Crippen LogP contribution in [0.2, 0.25) is 10.0 Å². The van der Waals surface area contributed by atoms with Gasteiger partial charge in [-0.2, -0.15) is 0 Å². The van der Waals surface area contributed by atoms with E-state index < -0.39 is 14.9 Å². The number of rotatable bonds is 5. The summed E-state index contributed by atoms with van der Waals surface area (Å²) in [5, 5.41) is 15.7. The Morgan fingerprint density at radius 2 is 1.83 bits per heavy atom. The Labute approximate surface area is 213 Å². The molecule has 0 saturated carbocycles. The molecule has 2 aliphatic rings. The van der Waals surface area contributed by atoms with Gasteiger partial charge in [0.05, 0.1) is 21.5 Å². The number of non-ortho nitro benzene ring substituents is 1. The van der Waals surface area contributed by atoms with Crippen LogP contribution < -0.4 is 10.0 Å². The molecule has 0 fully saturated rings. The van der Waals surface area contributed by atoms with Gasteiger partial charge in [-0.1, -0.05) is 41.4 Å². The zero-order valence-corrected chi connectivity index (χ0v) is 20.9. The van der Waals surface area contributed by atoms with E-state index in [1.807, 2.05) is 6.92 Å². The molecule has 0 aromatic heterocycles. The molecule has 3 atom stereocenters. The molecule has 0 unspecified atom stereocenters. The molecular formula is C25H21Cl2N3O4S. The maximum Gasteiger partial charge on any atom is 0.269 e. The minimum absolute atomic E-state index is 0.0248. The van der Waals surface area contributed by atoms with E-state index in [-0.39, 0.29) is 28.5 Å². The number of aryl methyl sites for hydroxylation is 1. The fourth-order valence-corrected chi connectivity index (χ4v) is 6.30. The molecular weight excluding hydrogens is 509 g/mol. The lowest BCUT2D eigenvalue weighted by molar-refractivity contribution is -0.384. The molecule has 0 amide bonds. The minimum atomic E-state index is -3.85. The number of sulfonamides is 1. The Bertz CT molecular complexity index is 1490. The molecule has 0 spiro atoms. The highest BCUT2D eigenvalue weighted by Gasteiger charge is 2.39. The normalized spacial score (nSPS) is 20.6. The van der Waals surface area contributed by atoms with Gasteiger partial charge in [0.1, 0.15) is 0 Å². The average Bonchev–Trinajstić information content (AvgIpc) is 3.31. The molecule has 1 aliphatic carbocycles. The van der Waals surface area contributed by atoms with Crippen molar-refractivity contribution in [2.24, 2.45) is 5.92 Å². The molecule has 3 aromatic rings. The van der Waals surface area contributed by atoms with Crippen LogP contribution in [0.25, 0.3) is 0 Å². The maximum atomic E-state index is 13.1. The molecule has 1 aliphatic heterocycles. The van der Waals surface area contributed by atoms with Crippen molar-refractivity contribution in [2.45, 2.75) is 30.2 Å². The number of nitro groups is 1. The van der Waals surface area contributed by atoms with E-state index in [1.165, 1.54) is 18.2 Å². The van der Waals surface area contributed by atoms with Gasteiger partial charge in [0, 0.05) is 39.3 Å². The summed E-state index contributed by atoms with van der Waals surface area (Å²) in [6.07, 6.45) is 4.85. The number of nitrogens with one attached hydrogen (secondary N) is 2. The second-order valence-electron chi connectivity index (χ2n) is 8.76. The molecule has 0 saturated heterocycles. The maximum absolute atomic E-state index is 13.1. The van der Waals surface area contributed by atoms with Crippen LogP contribution >= 0.6 is 23.2 Å². The van der Waals surface area contributed by atoms with Gasteiger partial charge in [-0.15, -0.1) is 0 Å². The lowest BCUT2D eigenvalue weighted by Crippen LogP contribution is -2.29. The van der Waals surface area contributed by atoms with Crippen molar-refractivity contribution in [2.75, 3.05) is 10.0 Å². The topological polar surface area (TPSA) is 101 Å². The van der Waals surface area contributed by atoms with E-state index >= 15 is 0 Å². The lowest BCUT2D eigenvalue weighted by atomic mass is 9.77. The second kappa shape index (κ2) is 8.86. The quantitative estimate of drug-likeness (QED) is 0.214. The molecule has 1 heterocycles. The number of hydrogen-bond donors (Lipinski definition) is 2. The average molecular weight is 530 g/mol. The molecule has 0 radical (unpaired) electrons. The molecule has 180 valence electrons. The van der Waals surface area contributed by atoms with E-state index in [1.54, 1.807) is 36.4 Å². The van der Waals surface area contributed by atoms with Crippen molar-refractivity contribution < 1.29 is 13.3 Å². The van der Waals surface area contributed by atoms with Gasteiger partial charge in [0.15, 0.2) is 0 Å². The summed E-state index contributed by atoms with van der Waals surface area (Å²) < 4.78 is 28.9. The largest absolute Gasteiger partial charge is 0.378 e. The number of fused-ring (bicyclic) bond motifs is 3. The first-order valence-electron chi connectivity index (χ1n) is 10.9. The molecule has 7 nitrogen and oxygen atoms in total. The minimum Gasteiger partial charge on any atom is -0.378 e. The third-order valence-corrected chi connectivity index (χ3v) is 8.72. The Morgan fingerprint density at radius 3 is 2.57 bits per heavy atom. The van der Waals surface area contributed by atoms with Crippen molar-refractivity contribution in [1.29, 1.82) is 0 Å². The van der Waals surface area contributed by atoms with Gasteiger partial charge in [-0.3, -0.25) is 14.8 Å². The Balaban J connectivity index is 1.50. The number of allylic oxidation sites excluding steroid dienone is 2. The first-order chi connectivity index (χ1) is 16.6. The van der Waals surface area contributed by atoms with E-state index in [9.17, 15) is 18.5 Å². The van der Waals surface area contributed by atoms with Gasteiger partial charge in [0.2, 0.25) is 0 Å². The molecule has 10 heteroatoms. The summed E-state index contributed by atoms with van der Waals surface area (Å²) >= 11 is 12.6. The Hall–Kier alpha value is -3.07. The zero-order chi connectivity index (χ0) is 24.9. The first kappa shape index (κ1) is 23.7. The van der Waals surface area contributed by atoms with Gasteiger partial charge in [-0.05, 0) is 66.8 Å². The zero-order valence-electron chi connectivity index (χ0n) is 18.5. The van der Waals surface area contributed by atoms with Crippen molar-refractivity contribution in [3.05, 3.63) is 104 Å². The van der Waals surface area contributed by atoms with Gasteiger partial charge in [-0.25, -0.2) is 8.42 Å². The van der Waals surface area contributed by atoms with Gasteiger partial charge >= 0.3 is 0 Å². The van der Waals surface area contributed by atoms with Crippen LogP contribution in [0.4, 0.5) is 17.1 Å². The summed E-state index contributed by atoms with van der Waals surface area (Å²) in [4.78, 5) is 11.0. The van der Waals surface area contributed by atoms with E-state index in [2.05, 4.69) is 22.2 Å². The third-order valence-electron chi connectivity index (χ3n) is 6.59. The van der Waals surface area contributed by atoms with Crippen molar-refractivity contribution in [3.63, 3.8) is 0 Å². The fourth-order valence-electron chi connectivity index (χ4n) is 4.80. The van der Waals surface area contributed by atoms with Crippen LogP contribution in [0.15, 0.2) is 71.6 Å². The number of nitrogens with zero attached hydrogens (tertiary/aromatic N) is 1. The summed E-state index contributed by atoms with van der Waals surface area (Å²) in [5.74, 6) is -0.0284. The highest BCUT2D eigenvalue weighted by molar-refractivity contribution is 7.92. The molecule has 5 rings (SSSR count). The van der Waals surface area contributed by atoms with Crippen molar-refractivity contribution in [1.82, 2.24) is 0 Å². The predicted molar refractivity (Wildman–Crippen MR) is 138 cm³/mol. The number of anilines is 2. The number of hydrogen-bond acceptors (Lipinski definition) is 5. The standard InChI is InChI=1S/C25H21Cl2N3O4S/c1-14-5-6-15(11-23(14)27)29-35(33,34)17-8-10-24-20(13-17)18-3-2-4-19(18)25(28-24)21-12-16(30(31)32)7-9-22(21)26/h2-3,5-13,18-19,25,28-29H,4H2,1H3/t18-,19+,25-/m0/s1. The molecule has 2 N–H and O–H groups in total. The van der Waals surface area contributed by atoms with Crippen molar-refractivity contribution >= 4 is 50.3 Å². The lowest BCUT2D eigenvalue weighted by Gasteiger charge is -2.38. The van der Waals surface area contributed by atoms with Crippen LogP contribution in [0, 0.1) is 23.0 Å². The van der Waals surface area contributed by atoms with E-state index in [0.29, 0.717) is 21.3 Å². The summed E-state index contributed by atoms with van der Waals surface area (Å²) in [5.41, 5.74) is 3.49. The smallest absolute Gasteiger partial charge is 0.269 e. The fraction of sp³-hybridized carbons (Fsp3) is 0.200. The first-order valence-corrected chi connectivity index (χ1v) is 13.2. The molecule has 3 aromatic carbocycles. The van der Waals surface area contributed by atoms with E-state index in [4.69, 9.17) is 23.2 Å². The number of benzene rings is 3. The second-order valence-corrected chi connectivity index (χ2v) is 11.3. The Morgan fingerprint density at radius 1 is 1.03 bits per heavy atom. The highest BCUT2D eigenvalue weighted by atomic mass is 35.5. The molecule has 0 bridgehead atoms. The van der Waals surface area contributed by atoms with Crippen LogP contribution in [-0.4, -0.2) is 13.3 Å².